The molecule has 2 aliphatic carbocycles. The summed E-state index contributed by atoms with van der Waals surface area (Å²) in [6.07, 6.45) is 3.06. The van der Waals surface area contributed by atoms with Gasteiger partial charge in [-0.3, -0.25) is 0 Å². The van der Waals surface area contributed by atoms with Crippen molar-refractivity contribution in [3.8, 4) is 0 Å². The minimum absolute atomic E-state index is 0. The van der Waals surface area contributed by atoms with Gasteiger partial charge in [-0.1, -0.05) is 0 Å². The van der Waals surface area contributed by atoms with Crippen LogP contribution in [0.5, 0.6) is 0 Å². The van der Waals surface area contributed by atoms with Gasteiger partial charge >= 0.3 is 0 Å². The van der Waals surface area contributed by atoms with Gasteiger partial charge in [0.25, 0.3) is 0 Å². The van der Waals surface area contributed by atoms with Crippen LogP contribution in [-0.2, 0) is 0 Å². The molecule has 0 radical (unpaired) electrons. The van der Waals surface area contributed by atoms with Gasteiger partial charge in [-0.15, -0.1) is 24.8 Å². The third-order valence-electron chi connectivity index (χ3n) is 2.30. The van der Waals surface area contributed by atoms with Crippen molar-refractivity contribution in [3.05, 3.63) is 0 Å². The Labute approximate surface area is 96.9 Å². The van der Waals surface area contributed by atoms with Crippen molar-refractivity contribution in [2.45, 2.75) is 50.0 Å². The van der Waals surface area contributed by atoms with Crippen molar-refractivity contribution in [1.82, 2.24) is 0 Å². The van der Waals surface area contributed by atoms with Crippen LogP contribution in [0.15, 0.2) is 0 Å². The van der Waals surface area contributed by atoms with E-state index in [1.165, 1.54) is 0 Å². The summed E-state index contributed by atoms with van der Waals surface area (Å²) < 4.78 is 0. The fourth-order valence-electron chi connectivity index (χ4n) is 1.26. The Morgan fingerprint density at radius 1 is 0.714 bits per heavy atom. The van der Waals surface area contributed by atoms with Crippen LogP contribution in [0.2, 0.25) is 0 Å². The van der Waals surface area contributed by atoms with Crippen LogP contribution in [0.4, 0.5) is 0 Å². The van der Waals surface area contributed by atoms with E-state index in [2.05, 4.69) is 0 Å². The number of hydrogen-bond acceptors (Lipinski definition) is 4. The molecular weight excluding hydrogens is 227 g/mol. The van der Waals surface area contributed by atoms with Crippen LogP contribution in [0.25, 0.3) is 0 Å². The number of aliphatic hydroxyl groups is 2. The van der Waals surface area contributed by atoms with Gasteiger partial charge in [0, 0.05) is 12.1 Å². The maximum absolute atomic E-state index is 8.54. The molecule has 2 aliphatic rings. The molecule has 14 heavy (non-hydrogen) atoms. The molecule has 0 aromatic rings. The first kappa shape index (κ1) is 16.8. The number of rotatable bonds is 0. The quantitative estimate of drug-likeness (QED) is 0.476. The lowest BCUT2D eigenvalue weighted by Crippen LogP contribution is -2.39. The van der Waals surface area contributed by atoms with Gasteiger partial charge in [0.2, 0.25) is 0 Å². The maximum Gasteiger partial charge on any atom is 0.0569 e. The topological polar surface area (TPSA) is 92.5 Å². The highest BCUT2D eigenvalue weighted by molar-refractivity contribution is 5.85. The smallest absolute Gasteiger partial charge is 0.0569 e. The normalized spacial score (nSPS) is 38.6. The highest BCUT2D eigenvalue weighted by atomic mass is 35.5. The standard InChI is InChI=1S/2C4H9NO.2ClH/c2*5-3-1-4(6)2-3;;/h2*3-4,6H,1-2,5H2;2*1H. The molecule has 0 atom stereocenters. The van der Waals surface area contributed by atoms with E-state index in [-0.39, 0.29) is 37.0 Å². The van der Waals surface area contributed by atoms with Crippen LogP contribution >= 0.6 is 24.8 Å². The van der Waals surface area contributed by atoms with Crippen molar-refractivity contribution in [3.63, 3.8) is 0 Å². The summed E-state index contributed by atoms with van der Waals surface area (Å²) in [5.41, 5.74) is 10.6. The Morgan fingerprint density at radius 2 is 0.929 bits per heavy atom. The van der Waals surface area contributed by atoms with Gasteiger partial charge in [-0.05, 0) is 25.7 Å². The maximum atomic E-state index is 8.54. The van der Waals surface area contributed by atoms with Crippen molar-refractivity contribution in [2.75, 3.05) is 0 Å². The highest BCUT2D eigenvalue weighted by Crippen LogP contribution is 2.16. The lowest BCUT2D eigenvalue weighted by atomic mass is 9.91. The van der Waals surface area contributed by atoms with E-state index in [4.69, 9.17) is 21.7 Å². The third-order valence-corrected chi connectivity index (χ3v) is 2.30. The Morgan fingerprint density at radius 3 is 0.929 bits per heavy atom. The van der Waals surface area contributed by atoms with Crippen LogP contribution in [0, 0.1) is 0 Å². The highest BCUT2D eigenvalue weighted by Gasteiger charge is 2.22. The molecule has 2 saturated carbocycles. The monoisotopic (exact) mass is 246 g/mol. The van der Waals surface area contributed by atoms with Crippen LogP contribution in [0.1, 0.15) is 25.7 Å². The first-order chi connectivity index (χ1) is 5.58. The van der Waals surface area contributed by atoms with Crippen LogP contribution in [-0.4, -0.2) is 34.5 Å². The Hall–Kier alpha value is 0.420. The second kappa shape index (κ2) is 7.68. The average Bonchev–Trinajstić information content (AvgIpc) is 1.84. The van der Waals surface area contributed by atoms with E-state index < -0.39 is 0 Å². The molecule has 0 aromatic carbocycles. The van der Waals surface area contributed by atoms with Crippen molar-refractivity contribution in [2.24, 2.45) is 11.5 Å². The predicted molar refractivity (Wildman–Crippen MR) is 60.9 cm³/mol. The lowest BCUT2D eigenvalue weighted by molar-refractivity contribution is 0.0766. The Bertz CT molecular complexity index is 111. The summed E-state index contributed by atoms with van der Waals surface area (Å²) in [6.45, 7) is 0. The van der Waals surface area contributed by atoms with Gasteiger partial charge < -0.3 is 21.7 Å². The summed E-state index contributed by atoms with van der Waals surface area (Å²) >= 11 is 0. The first-order valence-corrected chi connectivity index (χ1v) is 4.45. The third kappa shape index (κ3) is 6.01. The molecule has 0 heterocycles. The van der Waals surface area contributed by atoms with E-state index in [1.807, 2.05) is 0 Å². The molecule has 0 unspecified atom stereocenters. The predicted octanol–water partition coefficient (Wildman–Crippen LogP) is -0.220. The number of nitrogens with two attached hydrogens (primary N) is 2. The molecule has 0 saturated heterocycles. The molecule has 2 fully saturated rings. The summed E-state index contributed by atoms with van der Waals surface area (Å²) in [5.74, 6) is 0. The number of hydrogen-bond donors (Lipinski definition) is 4. The zero-order chi connectivity index (χ0) is 9.14. The molecule has 88 valence electrons. The van der Waals surface area contributed by atoms with Crippen molar-refractivity contribution < 1.29 is 10.2 Å². The van der Waals surface area contributed by atoms with Crippen LogP contribution < -0.4 is 11.5 Å². The molecular formula is C8H20Cl2N2O2. The first-order valence-electron chi connectivity index (χ1n) is 4.45. The molecule has 4 nitrogen and oxygen atoms in total. The molecule has 2 rings (SSSR count). The Kier molecular flexibility index (Phi) is 9.23. The van der Waals surface area contributed by atoms with E-state index in [1.54, 1.807) is 0 Å². The SMILES string of the molecule is Cl.Cl.NC1CC(O)C1.NC1CC(O)C1. The van der Waals surface area contributed by atoms with Crippen molar-refractivity contribution >= 4 is 24.8 Å². The molecule has 0 bridgehead atoms. The van der Waals surface area contributed by atoms with E-state index >= 15 is 0 Å². The summed E-state index contributed by atoms with van der Waals surface area (Å²) in [7, 11) is 0. The van der Waals surface area contributed by atoms with Crippen molar-refractivity contribution in [1.29, 1.82) is 0 Å². The van der Waals surface area contributed by atoms with E-state index in [9.17, 15) is 0 Å². The number of halogens is 2. The lowest BCUT2D eigenvalue weighted by Gasteiger charge is -2.26. The zero-order valence-electron chi connectivity index (χ0n) is 8.00. The molecule has 0 spiro atoms. The average molecular weight is 247 g/mol. The largest absolute Gasteiger partial charge is 0.393 e. The molecule has 6 N–H and O–H groups in total. The zero-order valence-corrected chi connectivity index (χ0v) is 9.64. The fraction of sp³-hybridized carbons (Fsp3) is 1.00. The minimum atomic E-state index is -0.0833. The summed E-state index contributed by atoms with van der Waals surface area (Å²) in [4.78, 5) is 0. The summed E-state index contributed by atoms with van der Waals surface area (Å²) in [6, 6.07) is 0.583. The second-order valence-corrected chi connectivity index (χ2v) is 3.77. The second-order valence-electron chi connectivity index (χ2n) is 3.77. The van der Waals surface area contributed by atoms with Gasteiger partial charge in [0.1, 0.15) is 0 Å². The van der Waals surface area contributed by atoms with Crippen LogP contribution in [0.3, 0.4) is 0 Å². The van der Waals surface area contributed by atoms with E-state index in [0.29, 0.717) is 12.1 Å². The Balaban J connectivity index is 0. The molecule has 0 aromatic heterocycles. The van der Waals surface area contributed by atoms with Gasteiger partial charge in [-0.2, -0.15) is 0 Å². The minimum Gasteiger partial charge on any atom is -0.393 e. The van der Waals surface area contributed by atoms with E-state index in [0.717, 1.165) is 25.7 Å². The fourth-order valence-corrected chi connectivity index (χ4v) is 1.26. The molecule has 0 amide bonds. The molecule has 0 aliphatic heterocycles. The van der Waals surface area contributed by atoms with Gasteiger partial charge in [-0.25, -0.2) is 0 Å². The summed E-state index contributed by atoms with van der Waals surface area (Å²) in [5, 5.41) is 17.1. The van der Waals surface area contributed by atoms with Gasteiger partial charge in [0.15, 0.2) is 0 Å². The molecule has 6 heteroatoms. The number of aliphatic hydroxyl groups excluding tert-OH is 2. The van der Waals surface area contributed by atoms with Gasteiger partial charge in [0.05, 0.1) is 12.2 Å².